The molecule has 1 N–H and O–H groups in total. The Bertz CT molecular complexity index is 1260. The molecular weight excluding hydrogens is 426 g/mol. The van der Waals surface area contributed by atoms with Gasteiger partial charge in [0.1, 0.15) is 18.1 Å². The summed E-state index contributed by atoms with van der Waals surface area (Å²) in [5.74, 6) is 1.05. The lowest BCUT2D eigenvalue weighted by Crippen LogP contribution is -2.12. The first-order valence-electron chi connectivity index (χ1n) is 10.3. The van der Waals surface area contributed by atoms with Crippen LogP contribution in [0.2, 0.25) is 5.02 Å². The first kappa shape index (κ1) is 21.7. The zero-order chi connectivity index (χ0) is 22.7. The van der Waals surface area contributed by atoms with Gasteiger partial charge in [0.05, 0.1) is 23.6 Å². The third-order valence-corrected chi connectivity index (χ3v) is 5.50. The van der Waals surface area contributed by atoms with Crippen molar-refractivity contribution in [3.05, 3.63) is 99.7 Å². The molecule has 0 atom stereocenters. The molecule has 2 heterocycles. The van der Waals surface area contributed by atoms with Crippen LogP contribution in [0.4, 0.5) is 5.69 Å². The predicted molar refractivity (Wildman–Crippen MR) is 124 cm³/mol. The Kier molecular flexibility index (Phi) is 6.32. The van der Waals surface area contributed by atoms with Gasteiger partial charge >= 0.3 is 0 Å². The van der Waals surface area contributed by atoms with Crippen molar-refractivity contribution in [1.82, 2.24) is 9.78 Å². The van der Waals surface area contributed by atoms with Crippen molar-refractivity contribution >= 4 is 23.2 Å². The first-order valence-corrected chi connectivity index (χ1v) is 10.7. The fraction of sp³-hybridized carbons (Fsp3) is 0.200. The van der Waals surface area contributed by atoms with E-state index in [9.17, 15) is 4.79 Å². The van der Waals surface area contributed by atoms with E-state index in [1.165, 1.54) is 11.1 Å². The number of carbonyl (C=O) groups excluding carboxylic acids is 1. The number of benzene rings is 2. The van der Waals surface area contributed by atoms with Crippen LogP contribution in [-0.2, 0) is 13.2 Å². The lowest BCUT2D eigenvalue weighted by Gasteiger charge is -2.08. The zero-order valence-electron chi connectivity index (χ0n) is 18.2. The van der Waals surface area contributed by atoms with Gasteiger partial charge in [-0.15, -0.1) is 0 Å². The fourth-order valence-electron chi connectivity index (χ4n) is 3.44. The van der Waals surface area contributed by atoms with Gasteiger partial charge in [0.15, 0.2) is 5.76 Å². The van der Waals surface area contributed by atoms with E-state index in [0.717, 1.165) is 11.4 Å². The fourth-order valence-corrected chi connectivity index (χ4v) is 3.62. The third-order valence-electron chi connectivity index (χ3n) is 5.26. The van der Waals surface area contributed by atoms with Gasteiger partial charge < -0.3 is 14.5 Å². The molecule has 0 radical (unpaired) electrons. The highest BCUT2D eigenvalue weighted by Crippen LogP contribution is 2.23. The molecule has 0 aliphatic rings. The van der Waals surface area contributed by atoms with Crippen molar-refractivity contribution in [2.45, 2.75) is 33.9 Å². The highest BCUT2D eigenvalue weighted by Gasteiger charge is 2.18. The maximum Gasteiger partial charge on any atom is 0.291 e. The smallest absolute Gasteiger partial charge is 0.291 e. The van der Waals surface area contributed by atoms with Gasteiger partial charge in [0, 0.05) is 5.02 Å². The van der Waals surface area contributed by atoms with Crippen LogP contribution >= 0.6 is 11.6 Å². The lowest BCUT2D eigenvalue weighted by atomic mass is 10.1. The van der Waals surface area contributed by atoms with E-state index in [0.29, 0.717) is 28.8 Å². The summed E-state index contributed by atoms with van der Waals surface area (Å²) in [5.41, 5.74) is 4.72. The van der Waals surface area contributed by atoms with Crippen molar-refractivity contribution in [2.75, 3.05) is 5.32 Å². The number of hydrogen-bond acceptors (Lipinski definition) is 4. The molecule has 4 aromatic rings. The lowest BCUT2D eigenvalue weighted by molar-refractivity contribution is 0.0992. The Morgan fingerprint density at radius 3 is 2.69 bits per heavy atom. The molecule has 0 saturated heterocycles. The van der Waals surface area contributed by atoms with Gasteiger partial charge in [-0.3, -0.25) is 9.48 Å². The summed E-state index contributed by atoms with van der Waals surface area (Å²) in [7, 11) is 0. The largest absolute Gasteiger partial charge is 0.486 e. The minimum atomic E-state index is -0.333. The normalized spacial score (nSPS) is 10.9. The third kappa shape index (κ3) is 4.86. The van der Waals surface area contributed by atoms with Crippen molar-refractivity contribution in [1.29, 1.82) is 0 Å². The molecule has 0 bridgehead atoms. The van der Waals surface area contributed by atoms with E-state index in [1.807, 2.05) is 42.8 Å². The number of carbonyl (C=O) groups is 1. The number of anilines is 1. The molecule has 2 aromatic heterocycles. The number of nitrogens with one attached hydrogen (secondary N) is 1. The second-order valence-corrected chi connectivity index (χ2v) is 8.03. The summed E-state index contributed by atoms with van der Waals surface area (Å²) in [6, 6.07) is 18.7. The molecule has 0 unspecified atom stereocenters. The highest BCUT2D eigenvalue weighted by molar-refractivity contribution is 6.30. The minimum Gasteiger partial charge on any atom is -0.486 e. The highest BCUT2D eigenvalue weighted by atomic mass is 35.5. The monoisotopic (exact) mass is 449 g/mol. The van der Waals surface area contributed by atoms with E-state index in [-0.39, 0.29) is 18.3 Å². The minimum absolute atomic E-state index is 0.194. The Balaban J connectivity index is 1.43. The number of rotatable bonds is 7. The van der Waals surface area contributed by atoms with E-state index in [2.05, 4.69) is 29.5 Å². The molecule has 1 amide bonds. The average Bonchev–Trinajstić information content (AvgIpc) is 3.34. The van der Waals surface area contributed by atoms with Crippen LogP contribution in [0.5, 0.6) is 5.75 Å². The molecule has 7 heteroatoms. The van der Waals surface area contributed by atoms with Crippen molar-refractivity contribution in [2.24, 2.45) is 0 Å². The predicted octanol–water partition coefficient (Wildman–Crippen LogP) is 5.93. The maximum absolute atomic E-state index is 12.8. The molecule has 0 saturated carbocycles. The summed E-state index contributed by atoms with van der Waals surface area (Å²) in [4.78, 5) is 12.8. The number of halogens is 1. The molecule has 2 aromatic carbocycles. The maximum atomic E-state index is 12.8. The summed E-state index contributed by atoms with van der Waals surface area (Å²) >= 11 is 5.97. The second-order valence-electron chi connectivity index (χ2n) is 7.60. The van der Waals surface area contributed by atoms with Crippen molar-refractivity contribution < 1.29 is 13.9 Å². The van der Waals surface area contributed by atoms with E-state index in [1.54, 1.807) is 24.3 Å². The van der Waals surface area contributed by atoms with Gasteiger partial charge in [0.25, 0.3) is 5.91 Å². The number of ether oxygens (including phenoxy) is 1. The van der Waals surface area contributed by atoms with Gasteiger partial charge in [0.2, 0.25) is 0 Å². The molecule has 0 fully saturated rings. The number of nitrogens with zero attached hydrogens (tertiary/aromatic N) is 2. The van der Waals surface area contributed by atoms with Crippen LogP contribution in [0.15, 0.2) is 65.1 Å². The topological polar surface area (TPSA) is 69.3 Å². The second kappa shape index (κ2) is 9.32. The standard InChI is InChI=1S/C25H24ClN3O3/c1-16-7-4-5-8-19(16)14-29-18(3)24(17(2)28-29)27-25(30)23-12-11-22(32-23)15-31-21-10-6-9-20(26)13-21/h4-13H,14-15H2,1-3H3,(H,27,30). The molecular formula is C25H24ClN3O3. The molecule has 6 nitrogen and oxygen atoms in total. The number of aryl methyl sites for hydroxylation is 2. The molecule has 0 aliphatic carbocycles. The molecule has 32 heavy (non-hydrogen) atoms. The number of aromatic nitrogens is 2. The van der Waals surface area contributed by atoms with E-state index < -0.39 is 0 Å². The molecule has 0 aliphatic heterocycles. The quantitative estimate of drug-likeness (QED) is 0.379. The summed E-state index contributed by atoms with van der Waals surface area (Å²) < 4.78 is 13.2. The Morgan fingerprint density at radius 2 is 1.91 bits per heavy atom. The molecule has 164 valence electrons. The van der Waals surface area contributed by atoms with Crippen LogP contribution in [0, 0.1) is 20.8 Å². The SMILES string of the molecule is Cc1ccccc1Cn1nc(C)c(NC(=O)c2ccc(COc3cccc(Cl)c3)o2)c1C. The van der Waals surface area contributed by atoms with E-state index in [4.69, 9.17) is 20.8 Å². The summed E-state index contributed by atoms with van der Waals surface area (Å²) in [5, 5.41) is 8.14. The van der Waals surface area contributed by atoms with Crippen molar-refractivity contribution in [3.8, 4) is 5.75 Å². The summed E-state index contributed by atoms with van der Waals surface area (Å²) in [6.07, 6.45) is 0. The van der Waals surface area contributed by atoms with Crippen LogP contribution in [0.1, 0.15) is 38.8 Å². The van der Waals surface area contributed by atoms with Crippen LogP contribution in [-0.4, -0.2) is 15.7 Å². The van der Waals surface area contributed by atoms with Gasteiger partial charge in [-0.1, -0.05) is 41.9 Å². The Labute approximate surface area is 191 Å². The average molecular weight is 450 g/mol. The van der Waals surface area contributed by atoms with Crippen LogP contribution in [0.25, 0.3) is 0 Å². The van der Waals surface area contributed by atoms with Crippen LogP contribution < -0.4 is 10.1 Å². The first-order chi connectivity index (χ1) is 15.4. The molecule has 0 spiro atoms. The summed E-state index contributed by atoms with van der Waals surface area (Å²) in [6.45, 7) is 6.74. The van der Waals surface area contributed by atoms with Gasteiger partial charge in [-0.2, -0.15) is 5.10 Å². The Hall–Kier alpha value is -3.51. The molecule has 4 rings (SSSR count). The zero-order valence-corrected chi connectivity index (χ0v) is 18.9. The van der Waals surface area contributed by atoms with Gasteiger partial charge in [-0.25, -0.2) is 0 Å². The van der Waals surface area contributed by atoms with Crippen molar-refractivity contribution in [3.63, 3.8) is 0 Å². The number of furan rings is 1. The van der Waals surface area contributed by atoms with Gasteiger partial charge in [-0.05, 0) is 62.2 Å². The number of hydrogen-bond donors (Lipinski definition) is 1. The van der Waals surface area contributed by atoms with Crippen LogP contribution in [0.3, 0.4) is 0 Å². The Morgan fingerprint density at radius 1 is 1.09 bits per heavy atom. The number of amides is 1. The van der Waals surface area contributed by atoms with E-state index >= 15 is 0 Å².